The van der Waals surface area contributed by atoms with Crippen LogP contribution in [0.3, 0.4) is 0 Å². The zero-order chi connectivity index (χ0) is 10.5. The number of hydrogen-bond acceptors (Lipinski definition) is 4. The molecule has 9 heteroatoms. The monoisotopic (exact) mass is 213 g/mol. The number of phosphoric acid groups is 1. The molecule has 0 aliphatic heterocycles. The first kappa shape index (κ1) is 12.2. The van der Waals surface area contributed by atoms with Gasteiger partial charge in [0, 0.05) is 13.6 Å². The van der Waals surface area contributed by atoms with Crippen molar-refractivity contribution in [3.8, 4) is 0 Å². The number of oxime groups is 1. The van der Waals surface area contributed by atoms with Crippen LogP contribution in [0.2, 0.25) is 0 Å². The van der Waals surface area contributed by atoms with Gasteiger partial charge in [0.1, 0.15) is 0 Å². The minimum atomic E-state index is -4.63. The van der Waals surface area contributed by atoms with E-state index in [1.165, 1.54) is 11.9 Å². The highest BCUT2D eigenvalue weighted by Crippen LogP contribution is 2.35. The van der Waals surface area contributed by atoms with Crippen LogP contribution in [0.15, 0.2) is 5.16 Å². The van der Waals surface area contributed by atoms with Crippen molar-refractivity contribution in [2.45, 2.75) is 0 Å². The van der Waals surface area contributed by atoms with E-state index in [1.54, 1.807) is 0 Å². The van der Waals surface area contributed by atoms with E-state index in [2.05, 4.69) is 9.78 Å². The number of rotatable bonds is 4. The van der Waals surface area contributed by atoms with Gasteiger partial charge in [-0.05, 0) is 5.16 Å². The van der Waals surface area contributed by atoms with Crippen molar-refractivity contribution < 1.29 is 24.1 Å². The minimum Gasteiger partial charge on any atom is -0.395 e. The third kappa shape index (κ3) is 6.35. The Morgan fingerprint density at radius 2 is 2.23 bits per heavy atom. The first-order valence-corrected chi connectivity index (χ1v) is 4.79. The Hall–Kier alpha value is -0.820. The van der Waals surface area contributed by atoms with Gasteiger partial charge in [-0.15, -0.1) is 0 Å². The molecule has 0 heterocycles. The lowest BCUT2D eigenvalue weighted by atomic mass is 10.6. The normalized spacial score (nSPS) is 12.8. The second-order valence-corrected chi connectivity index (χ2v) is 3.31. The Morgan fingerprint density at radius 1 is 1.69 bits per heavy atom. The van der Waals surface area contributed by atoms with E-state index in [0.717, 1.165) is 0 Å². The molecule has 0 radical (unpaired) electrons. The first-order valence-electron chi connectivity index (χ1n) is 3.26. The number of likely N-dealkylation sites (N-methyl/N-ethyl adjacent to an activating group) is 1. The molecule has 5 N–H and O–H groups in total. The van der Waals surface area contributed by atoms with Crippen LogP contribution in [-0.4, -0.2) is 46.0 Å². The predicted octanol–water partition coefficient (Wildman–Crippen LogP) is -1.75. The van der Waals surface area contributed by atoms with Crippen LogP contribution in [0, 0.1) is 0 Å². The average molecular weight is 213 g/mol. The summed E-state index contributed by atoms with van der Waals surface area (Å²) in [5.74, 6) is -0.225. The maximum Gasteiger partial charge on any atom is 0.545 e. The van der Waals surface area contributed by atoms with Gasteiger partial charge in [0.15, 0.2) is 0 Å². The molecular formula is C4H12N3O5P. The lowest BCUT2D eigenvalue weighted by Crippen LogP contribution is -2.35. The molecule has 0 aromatic heterocycles. The summed E-state index contributed by atoms with van der Waals surface area (Å²) < 4.78 is 13.9. The van der Waals surface area contributed by atoms with Gasteiger partial charge >= 0.3 is 7.82 Å². The number of aliphatic hydroxyl groups is 1. The van der Waals surface area contributed by atoms with E-state index < -0.39 is 7.82 Å². The summed E-state index contributed by atoms with van der Waals surface area (Å²) in [7, 11) is -3.15. The van der Waals surface area contributed by atoms with Crippen LogP contribution >= 0.6 is 7.82 Å². The summed E-state index contributed by atoms with van der Waals surface area (Å²) in [5.41, 5.74) is 5.21. The Morgan fingerprint density at radius 3 is 2.62 bits per heavy atom. The van der Waals surface area contributed by atoms with Crippen LogP contribution in [0.1, 0.15) is 0 Å². The molecule has 0 amide bonds. The van der Waals surface area contributed by atoms with E-state index in [9.17, 15) is 4.57 Å². The zero-order valence-electron chi connectivity index (χ0n) is 6.99. The van der Waals surface area contributed by atoms with Crippen molar-refractivity contribution in [3.05, 3.63) is 0 Å². The highest BCUT2D eigenvalue weighted by molar-refractivity contribution is 7.46. The van der Waals surface area contributed by atoms with Gasteiger partial charge in [0.25, 0.3) is 0 Å². The Bertz CT molecular complexity index is 226. The molecule has 0 fully saturated rings. The highest BCUT2D eigenvalue weighted by Gasteiger charge is 2.15. The maximum absolute atomic E-state index is 10.2. The van der Waals surface area contributed by atoms with Gasteiger partial charge in [0.2, 0.25) is 5.96 Å². The topological polar surface area (TPSA) is 129 Å². The van der Waals surface area contributed by atoms with Crippen molar-refractivity contribution in [2.75, 3.05) is 20.2 Å². The van der Waals surface area contributed by atoms with Crippen molar-refractivity contribution in [1.82, 2.24) is 4.90 Å². The van der Waals surface area contributed by atoms with Gasteiger partial charge in [-0.2, -0.15) is 0 Å². The molecule has 0 unspecified atom stereocenters. The average Bonchev–Trinajstić information content (AvgIpc) is 1.99. The molecule has 0 aliphatic carbocycles. The molecule has 78 valence electrons. The van der Waals surface area contributed by atoms with E-state index in [1.807, 2.05) is 0 Å². The number of guanidine groups is 1. The molecule has 0 rings (SSSR count). The molecule has 0 spiro atoms. The number of aliphatic hydroxyl groups excluding tert-OH is 1. The second-order valence-electron chi connectivity index (χ2n) is 2.17. The quantitative estimate of drug-likeness (QED) is 0.188. The van der Waals surface area contributed by atoms with Crippen LogP contribution in [-0.2, 0) is 9.19 Å². The van der Waals surface area contributed by atoms with Gasteiger partial charge < -0.3 is 15.7 Å². The standard InChI is InChI=1S/C4H12N3O5P/c1-7(2-3-8)4(5)6-12-13(9,10)11/h8H,2-3H2,1H3,(H2,5,6)(H2,9,10,11). The first-order chi connectivity index (χ1) is 5.87. The van der Waals surface area contributed by atoms with E-state index in [4.69, 9.17) is 20.6 Å². The number of nitrogens with two attached hydrogens (primary N) is 1. The molecule has 0 saturated carbocycles. The van der Waals surface area contributed by atoms with Gasteiger partial charge in [-0.1, -0.05) is 0 Å². The summed E-state index contributed by atoms with van der Waals surface area (Å²) in [6.07, 6.45) is 0. The van der Waals surface area contributed by atoms with Gasteiger partial charge in [-0.25, -0.2) is 4.57 Å². The lowest BCUT2D eigenvalue weighted by molar-refractivity contribution is 0.199. The zero-order valence-corrected chi connectivity index (χ0v) is 7.89. The summed E-state index contributed by atoms with van der Waals surface area (Å²) in [6, 6.07) is 0. The van der Waals surface area contributed by atoms with E-state index >= 15 is 0 Å². The maximum atomic E-state index is 10.2. The van der Waals surface area contributed by atoms with E-state index in [-0.39, 0.29) is 19.1 Å². The fourth-order valence-corrected chi connectivity index (χ4v) is 0.619. The summed E-state index contributed by atoms with van der Waals surface area (Å²) in [4.78, 5) is 17.7. The number of nitrogens with zero attached hydrogens (tertiary/aromatic N) is 2. The number of hydrogen-bond donors (Lipinski definition) is 4. The second kappa shape index (κ2) is 5.03. The fourth-order valence-electron chi connectivity index (χ4n) is 0.429. The van der Waals surface area contributed by atoms with Crippen molar-refractivity contribution in [2.24, 2.45) is 10.9 Å². The van der Waals surface area contributed by atoms with Crippen molar-refractivity contribution in [1.29, 1.82) is 0 Å². The van der Waals surface area contributed by atoms with Crippen LogP contribution in [0.5, 0.6) is 0 Å². The largest absolute Gasteiger partial charge is 0.545 e. The van der Waals surface area contributed by atoms with Crippen molar-refractivity contribution in [3.63, 3.8) is 0 Å². The molecule has 13 heavy (non-hydrogen) atoms. The smallest absolute Gasteiger partial charge is 0.395 e. The fraction of sp³-hybridized carbons (Fsp3) is 0.750. The Kier molecular flexibility index (Phi) is 4.71. The lowest BCUT2D eigenvalue weighted by Gasteiger charge is -2.15. The van der Waals surface area contributed by atoms with Crippen molar-refractivity contribution >= 4 is 13.8 Å². The molecule has 8 nitrogen and oxygen atoms in total. The Balaban J connectivity index is 4.09. The molecule has 0 aliphatic rings. The summed E-state index contributed by atoms with van der Waals surface area (Å²) in [6.45, 7) is 0.0441. The van der Waals surface area contributed by atoms with E-state index in [0.29, 0.717) is 0 Å². The van der Waals surface area contributed by atoms with Gasteiger partial charge in [0.05, 0.1) is 6.61 Å². The third-order valence-electron chi connectivity index (χ3n) is 1.07. The molecule has 0 aromatic carbocycles. The van der Waals surface area contributed by atoms with Crippen LogP contribution in [0.4, 0.5) is 0 Å². The summed E-state index contributed by atoms with van der Waals surface area (Å²) in [5, 5.41) is 11.4. The SMILES string of the molecule is CN(CCO)/C(N)=N/OP(=O)(O)O. The molecular weight excluding hydrogens is 201 g/mol. The van der Waals surface area contributed by atoms with Crippen LogP contribution < -0.4 is 5.73 Å². The Labute approximate surface area is 74.8 Å². The summed E-state index contributed by atoms with van der Waals surface area (Å²) >= 11 is 0. The molecule has 0 aromatic rings. The predicted molar refractivity (Wildman–Crippen MR) is 44.5 cm³/mol. The molecule has 0 bridgehead atoms. The molecule has 0 saturated heterocycles. The highest BCUT2D eigenvalue weighted by atomic mass is 31.2. The molecule has 0 atom stereocenters. The minimum absolute atomic E-state index is 0.150. The van der Waals surface area contributed by atoms with Crippen LogP contribution in [0.25, 0.3) is 0 Å². The third-order valence-corrected chi connectivity index (χ3v) is 1.36. The van der Waals surface area contributed by atoms with Gasteiger partial charge in [-0.3, -0.25) is 14.4 Å².